The number of carbonyl (C=O) groups is 2. The predicted octanol–water partition coefficient (Wildman–Crippen LogP) is 5.34. The van der Waals surface area contributed by atoms with Gasteiger partial charge in [0.15, 0.2) is 11.5 Å². The van der Waals surface area contributed by atoms with Crippen LogP contribution in [0, 0.1) is 11.8 Å². The van der Waals surface area contributed by atoms with Crippen LogP contribution in [0.15, 0.2) is 42.5 Å². The summed E-state index contributed by atoms with van der Waals surface area (Å²) in [5.41, 5.74) is 2.45. The fourth-order valence-corrected chi connectivity index (χ4v) is 4.75. The van der Waals surface area contributed by atoms with E-state index in [9.17, 15) is 9.59 Å². The molecule has 0 aliphatic rings. The van der Waals surface area contributed by atoms with Gasteiger partial charge in [-0.15, -0.1) is 0 Å². The van der Waals surface area contributed by atoms with Crippen molar-refractivity contribution < 1.29 is 19.1 Å². The first-order valence-electron chi connectivity index (χ1n) is 14.0. The zero-order chi connectivity index (χ0) is 28.4. The maximum Gasteiger partial charge on any atom is 0.251 e. The van der Waals surface area contributed by atoms with E-state index in [1.807, 2.05) is 29.2 Å². The quantitative estimate of drug-likeness (QED) is 0.265. The maximum absolute atomic E-state index is 13.4. The van der Waals surface area contributed by atoms with Crippen LogP contribution in [-0.2, 0) is 17.8 Å². The third-order valence-electron chi connectivity index (χ3n) is 6.56. The number of ether oxygens (including phenoxy) is 2. The number of nitrogens with zero attached hydrogens (tertiary/aromatic N) is 3. The number of benzene rings is 2. The lowest BCUT2D eigenvalue weighted by atomic mass is 10.1. The van der Waals surface area contributed by atoms with Gasteiger partial charge in [0.25, 0.3) is 5.91 Å². The number of rotatable bonds is 15. The molecule has 3 rings (SSSR count). The Labute approximate surface area is 232 Å². The Morgan fingerprint density at radius 2 is 1.62 bits per heavy atom. The number of hydrogen-bond acceptors (Lipinski definition) is 5. The maximum atomic E-state index is 13.4. The molecular weight excluding hydrogens is 492 g/mol. The van der Waals surface area contributed by atoms with E-state index in [4.69, 9.17) is 14.5 Å². The first-order valence-corrected chi connectivity index (χ1v) is 14.0. The molecule has 1 aromatic heterocycles. The van der Waals surface area contributed by atoms with Crippen LogP contribution in [0.2, 0.25) is 0 Å². The fourth-order valence-electron chi connectivity index (χ4n) is 4.75. The van der Waals surface area contributed by atoms with Crippen molar-refractivity contribution in [2.75, 3.05) is 33.9 Å². The van der Waals surface area contributed by atoms with Gasteiger partial charge in [0, 0.05) is 31.6 Å². The van der Waals surface area contributed by atoms with Gasteiger partial charge in [0.1, 0.15) is 12.4 Å². The van der Waals surface area contributed by atoms with Crippen molar-refractivity contribution >= 4 is 22.8 Å². The second kappa shape index (κ2) is 14.6. The van der Waals surface area contributed by atoms with Gasteiger partial charge in [0.2, 0.25) is 5.91 Å². The molecule has 39 heavy (non-hydrogen) atoms. The van der Waals surface area contributed by atoms with Crippen molar-refractivity contribution in [3.05, 3.63) is 53.9 Å². The Balaban J connectivity index is 1.56. The largest absolute Gasteiger partial charge is 0.493 e. The molecule has 1 N–H and O–H groups in total. The monoisotopic (exact) mass is 536 g/mol. The molecule has 0 radical (unpaired) electrons. The Kier molecular flexibility index (Phi) is 11.2. The van der Waals surface area contributed by atoms with Crippen molar-refractivity contribution in [3.63, 3.8) is 0 Å². The van der Waals surface area contributed by atoms with Gasteiger partial charge in [-0.25, -0.2) is 4.98 Å². The number of nitrogens with one attached hydrogen (secondary N) is 1. The Morgan fingerprint density at radius 1 is 0.923 bits per heavy atom. The van der Waals surface area contributed by atoms with Gasteiger partial charge in [-0.3, -0.25) is 9.59 Å². The van der Waals surface area contributed by atoms with E-state index in [0.29, 0.717) is 42.0 Å². The van der Waals surface area contributed by atoms with Crippen molar-refractivity contribution in [2.45, 2.75) is 59.9 Å². The van der Waals surface area contributed by atoms with Gasteiger partial charge < -0.3 is 24.3 Å². The highest BCUT2D eigenvalue weighted by Gasteiger charge is 2.20. The summed E-state index contributed by atoms with van der Waals surface area (Å²) in [6, 6.07) is 13.2. The van der Waals surface area contributed by atoms with Gasteiger partial charge in [0.05, 0.1) is 25.3 Å². The van der Waals surface area contributed by atoms with E-state index in [1.165, 1.54) is 0 Å². The normalized spacial score (nSPS) is 11.3. The van der Waals surface area contributed by atoms with Crippen molar-refractivity contribution in [3.8, 4) is 11.5 Å². The summed E-state index contributed by atoms with van der Waals surface area (Å²) in [5.74, 6) is 2.89. The molecular formula is C31H44N4O4. The molecule has 8 heteroatoms. The number of para-hydroxylation sites is 2. The average molecular weight is 537 g/mol. The Morgan fingerprint density at radius 3 is 2.28 bits per heavy atom. The average Bonchev–Trinajstić information content (AvgIpc) is 3.26. The van der Waals surface area contributed by atoms with Crippen molar-refractivity contribution in [1.29, 1.82) is 0 Å². The first kappa shape index (κ1) is 30.0. The van der Waals surface area contributed by atoms with Crippen LogP contribution in [0.1, 0.15) is 63.1 Å². The van der Waals surface area contributed by atoms with Gasteiger partial charge >= 0.3 is 0 Å². The molecule has 2 aromatic carbocycles. The molecule has 0 aliphatic carbocycles. The number of aromatic nitrogens is 2. The predicted molar refractivity (Wildman–Crippen MR) is 155 cm³/mol. The lowest BCUT2D eigenvalue weighted by Crippen LogP contribution is -2.39. The third kappa shape index (κ3) is 8.47. The highest BCUT2D eigenvalue weighted by atomic mass is 16.5. The van der Waals surface area contributed by atoms with E-state index in [2.05, 4.69) is 37.6 Å². The zero-order valence-electron chi connectivity index (χ0n) is 24.3. The van der Waals surface area contributed by atoms with Gasteiger partial charge in [-0.2, -0.15) is 0 Å². The highest BCUT2D eigenvalue weighted by molar-refractivity contribution is 5.94. The number of carbonyl (C=O) groups excluding carboxylic acids is 2. The standard InChI is InChI=1S/C31H44N4O4/c1-22(2)19-34(20-23(3)4)30(36)21-35-26-13-10-9-12-25(26)33-29(35)14-8-7-11-17-32-31(37)24-15-16-27(38-5)28(18-24)39-6/h9-10,12-13,15-16,18,22-23H,7-8,11,14,17,19-21H2,1-6H3,(H,32,37). The molecule has 1 heterocycles. The summed E-state index contributed by atoms with van der Waals surface area (Å²) >= 11 is 0. The molecule has 3 aromatic rings. The van der Waals surface area contributed by atoms with Crippen LogP contribution >= 0.6 is 0 Å². The minimum absolute atomic E-state index is 0.136. The topological polar surface area (TPSA) is 85.7 Å². The molecule has 0 aliphatic heterocycles. The molecule has 2 amide bonds. The molecule has 8 nitrogen and oxygen atoms in total. The van der Waals surface area contributed by atoms with E-state index < -0.39 is 0 Å². The number of fused-ring (bicyclic) bond motifs is 1. The summed E-state index contributed by atoms with van der Waals surface area (Å²) in [4.78, 5) is 32.8. The number of imidazole rings is 1. The summed E-state index contributed by atoms with van der Waals surface area (Å²) in [6.07, 6.45) is 3.50. The van der Waals surface area contributed by atoms with E-state index in [-0.39, 0.29) is 11.8 Å². The molecule has 0 saturated heterocycles. The van der Waals surface area contributed by atoms with Crippen LogP contribution in [-0.4, -0.2) is 60.1 Å². The fraction of sp³-hybridized carbons (Fsp3) is 0.516. The van der Waals surface area contributed by atoms with Crippen LogP contribution < -0.4 is 14.8 Å². The van der Waals surface area contributed by atoms with E-state index in [1.54, 1.807) is 32.4 Å². The molecule has 0 saturated carbocycles. The second-order valence-electron chi connectivity index (χ2n) is 10.8. The molecule has 212 valence electrons. The summed E-state index contributed by atoms with van der Waals surface area (Å²) < 4.78 is 12.6. The van der Waals surface area contributed by atoms with Gasteiger partial charge in [-0.05, 0) is 55.0 Å². The second-order valence-corrected chi connectivity index (χ2v) is 10.8. The molecule has 0 unspecified atom stereocenters. The van der Waals surface area contributed by atoms with Gasteiger partial charge in [-0.1, -0.05) is 46.2 Å². The SMILES string of the molecule is COc1ccc(C(=O)NCCCCCc2nc3ccccc3n2CC(=O)N(CC(C)C)CC(C)C)cc1OC. The highest BCUT2D eigenvalue weighted by Crippen LogP contribution is 2.27. The summed E-state index contributed by atoms with van der Waals surface area (Å²) in [7, 11) is 3.12. The van der Waals surface area contributed by atoms with E-state index >= 15 is 0 Å². The van der Waals surface area contributed by atoms with Crippen LogP contribution in [0.3, 0.4) is 0 Å². The van der Waals surface area contributed by atoms with Crippen LogP contribution in [0.5, 0.6) is 11.5 Å². The molecule has 0 atom stereocenters. The summed E-state index contributed by atoms with van der Waals surface area (Å²) in [5, 5.41) is 2.98. The molecule has 0 fully saturated rings. The number of aryl methyl sites for hydroxylation is 1. The van der Waals surface area contributed by atoms with Crippen molar-refractivity contribution in [1.82, 2.24) is 19.8 Å². The lowest BCUT2D eigenvalue weighted by molar-refractivity contribution is -0.132. The minimum Gasteiger partial charge on any atom is -0.493 e. The Bertz CT molecular complexity index is 1220. The van der Waals surface area contributed by atoms with Crippen LogP contribution in [0.4, 0.5) is 0 Å². The van der Waals surface area contributed by atoms with Crippen molar-refractivity contribution in [2.24, 2.45) is 11.8 Å². The number of hydrogen-bond donors (Lipinski definition) is 1. The zero-order valence-corrected chi connectivity index (χ0v) is 24.3. The van der Waals surface area contributed by atoms with E-state index in [0.717, 1.165) is 55.6 Å². The summed E-state index contributed by atoms with van der Waals surface area (Å²) in [6.45, 7) is 11.0. The number of unbranched alkanes of at least 4 members (excludes halogenated alkanes) is 2. The smallest absolute Gasteiger partial charge is 0.251 e. The van der Waals surface area contributed by atoms with Crippen LogP contribution in [0.25, 0.3) is 11.0 Å². The minimum atomic E-state index is -0.136. The first-order chi connectivity index (χ1) is 18.7. The Hall–Kier alpha value is -3.55. The molecule has 0 spiro atoms. The third-order valence-corrected chi connectivity index (χ3v) is 6.56. The molecule has 0 bridgehead atoms. The number of amides is 2. The number of methoxy groups -OCH3 is 2. The lowest BCUT2D eigenvalue weighted by Gasteiger charge is -2.27.